The highest BCUT2D eigenvalue weighted by molar-refractivity contribution is 5.97. The summed E-state index contributed by atoms with van der Waals surface area (Å²) in [5, 5.41) is 1.76. The molecule has 6 heteroatoms. The van der Waals surface area contributed by atoms with E-state index in [9.17, 15) is 4.79 Å². The van der Waals surface area contributed by atoms with Gasteiger partial charge in [0.25, 0.3) is 0 Å². The molecule has 3 aromatic heterocycles. The van der Waals surface area contributed by atoms with E-state index >= 15 is 0 Å². The second-order valence-corrected chi connectivity index (χ2v) is 5.91. The zero-order chi connectivity index (χ0) is 17.6. The third kappa shape index (κ3) is 2.57. The maximum atomic E-state index is 11.6. The summed E-state index contributed by atoms with van der Waals surface area (Å²) in [6, 6.07) is 11.1. The molecule has 0 radical (unpaired) electrons. The molecule has 0 amide bonds. The Labute approximate surface area is 143 Å². The van der Waals surface area contributed by atoms with Gasteiger partial charge < -0.3 is 15.0 Å². The van der Waals surface area contributed by atoms with Gasteiger partial charge in [-0.3, -0.25) is 4.79 Å². The molecule has 0 unspecified atom stereocenters. The van der Waals surface area contributed by atoms with Crippen molar-refractivity contribution in [2.75, 3.05) is 5.73 Å². The molecule has 3 heterocycles. The number of benzene rings is 1. The standard InChI is InChI=1S/C19H16N4O2/c1-11(24)25-17-9-12-8-13(20)5-6-16(12)22-18(17)15-10-23(2)19-14(15)4-3-7-21-19/h3-10H,20H2,1-2H3. The summed E-state index contributed by atoms with van der Waals surface area (Å²) >= 11 is 0. The van der Waals surface area contributed by atoms with Crippen LogP contribution in [0.3, 0.4) is 0 Å². The minimum absolute atomic E-state index is 0.398. The van der Waals surface area contributed by atoms with Crippen molar-refractivity contribution in [2.24, 2.45) is 7.05 Å². The van der Waals surface area contributed by atoms with Crippen molar-refractivity contribution in [3.8, 4) is 17.0 Å². The molecular formula is C19H16N4O2. The molecule has 0 fully saturated rings. The van der Waals surface area contributed by atoms with E-state index in [0.717, 1.165) is 27.5 Å². The first-order valence-electron chi connectivity index (χ1n) is 7.82. The lowest BCUT2D eigenvalue weighted by Crippen LogP contribution is -2.04. The van der Waals surface area contributed by atoms with Gasteiger partial charge in [-0.2, -0.15) is 0 Å². The van der Waals surface area contributed by atoms with Gasteiger partial charge in [0, 0.05) is 48.4 Å². The third-order valence-corrected chi connectivity index (χ3v) is 4.05. The van der Waals surface area contributed by atoms with Crippen molar-refractivity contribution in [3.05, 3.63) is 48.8 Å². The van der Waals surface area contributed by atoms with Crippen LogP contribution in [-0.4, -0.2) is 20.5 Å². The number of esters is 1. The van der Waals surface area contributed by atoms with Crippen molar-refractivity contribution in [1.29, 1.82) is 0 Å². The number of hydrogen-bond donors (Lipinski definition) is 1. The van der Waals surface area contributed by atoms with Gasteiger partial charge in [-0.05, 0) is 36.4 Å². The topological polar surface area (TPSA) is 83.0 Å². The molecule has 124 valence electrons. The largest absolute Gasteiger partial charge is 0.424 e. The van der Waals surface area contributed by atoms with E-state index in [1.165, 1.54) is 6.92 Å². The zero-order valence-electron chi connectivity index (χ0n) is 13.9. The minimum Gasteiger partial charge on any atom is -0.424 e. The number of hydrogen-bond acceptors (Lipinski definition) is 5. The number of nitrogens with two attached hydrogens (primary N) is 1. The van der Waals surface area contributed by atoms with E-state index in [2.05, 4.69) is 4.98 Å². The number of rotatable bonds is 2. The van der Waals surface area contributed by atoms with Gasteiger partial charge in [0.1, 0.15) is 11.3 Å². The van der Waals surface area contributed by atoms with Crippen molar-refractivity contribution in [1.82, 2.24) is 14.5 Å². The summed E-state index contributed by atoms with van der Waals surface area (Å²) in [7, 11) is 1.92. The van der Waals surface area contributed by atoms with Crippen LogP contribution in [0.25, 0.3) is 33.2 Å². The smallest absolute Gasteiger partial charge is 0.308 e. The second kappa shape index (κ2) is 5.59. The highest BCUT2D eigenvalue weighted by Crippen LogP contribution is 2.36. The predicted molar refractivity (Wildman–Crippen MR) is 97.2 cm³/mol. The highest BCUT2D eigenvalue weighted by atomic mass is 16.5. The fourth-order valence-corrected chi connectivity index (χ4v) is 3.00. The van der Waals surface area contributed by atoms with Crippen molar-refractivity contribution < 1.29 is 9.53 Å². The second-order valence-electron chi connectivity index (χ2n) is 5.91. The Balaban J connectivity index is 2.04. The van der Waals surface area contributed by atoms with Crippen LogP contribution in [0.15, 0.2) is 48.8 Å². The van der Waals surface area contributed by atoms with E-state index in [1.54, 1.807) is 18.3 Å². The number of aromatic nitrogens is 3. The molecule has 0 saturated carbocycles. The Kier molecular flexibility index (Phi) is 3.39. The molecular weight excluding hydrogens is 316 g/mol. The van der Waals surface area contributed by atoms with Crippen LogP contribution in [0, 0.1) is 0 Å². The molecule has 6 nitrogen and oxygen atoms in total. The summed E-state index contributed by atoms with van der Waals surface area (Å²) in [4.78, 5) is 20.7. The lowest BCUT2D eigenvalue weighted by atomic mass is 10.1. The van der Waals surface area contributed by atoms with Crippen LogP contribution in [0.1, 0.15) is 6.92 Å². The molecule has 0 atom stereocenters. The van der Waals surface area contributed by atoms with Crippen LogP contribution in [-0.2, 0) is 11.8 Å². The Morgan fingerprint density at radius 3 is 2.88 bits per heavy atom. The Morgan fingerprint density at radius 1 is 1.24 bits per heavy atom. The minimum atomic E-state index is -0.398. The fraction of sp³-hybridized carbons (Fsp3) is 0.105. The fourth-order valence-electron chi connectivity index (χ4n) is 3.00. The van der Waals surface area contributed by atoms with Crippen LogP contribution >= 0.6 is 0 Å². The summed E-state index contributed by atoms with van der Waals surface area (Å²) in [5.41, 5.74) is 9.57. The molecule has 0 aliphatic carbocycles. The van der Waals surface area contributed by atoms with Gasteiger partial charge in [0.15, 0.2) is 5.75 Å². The summed E-state index contributed by atoms with van der Waals surface area (Å²) in [6.07, 6.45) is 3.69. The van der Waals surface area contributed by atoms with E-state index in [-0.39, 0.29) is 0 Å². The molecule has 2 N–H and O–H groups in total. The molecule has 0 aliphatic rings. The van der Waals surface area contributed by atoms with Crippen LogP contribution < -0.4 is 10.5 Å². The maximum Gasteiger partial charge on any atom is 0.308 e. The number of ether oxygens (including phenoxy) is 1. The van der Waals surface area contributed by atoms with Crippen LogP contribution in [0.2, 0.25) is 0 Å². The van der Waals surface area contributed by atoms with Crippen molar-refractivity contribution >= 4 is 33.6 Å². The summed E-state index contributed by atoms with van der Waals surface area (Å²) in [5.74, 6) is 0.00613. The molecule has 0 bridgehead atoms. The number of nitrogen functional groups attached to an aromatic ring is 1. The molecule has 0 spiro atoms. The number of carbonyl (C=O) groups is 1. The Morgan fingerprint density at radius 2 is 2.08 bits per heavy atom. The van der Waals surface area contributed by atoms with E-state index in [4.69, 9.17) is 15.5 Å². The van der Waals surface area contributed by atoms with Crippen LogP contribution in [0.4, 0.5) is 5.69 Å². The monoisotopic (exact) mass is 332 g/mol. The number of nitrogens with zero attached hydrogens (tertiary/aromatic N) is 3. The van der Waals surface area contributed by atoms with E-state index < -0.39 is 5.97 Å². The molecule has 0 aliphatic heterocycles. The first-order chi connectivity index (χ1) is 12.0. The number of carbonyl (C=O) groups excluding carboxylic acids is 1. The number of anilines is 1. The first kappa shape index (κ1) is 15.1. The lowest BCUT2D eigenvalue weighted by molar-refractivity contribution is -0.131. The number of pyridine rings is 2. The van der Waals surface area contributed by atoms with Crippen LogP contribution in [0.5, 0.6) is 5.75 Å². The maximum absolute atomic E-state index is 11.6. The zero-order valence-corrected chi connectivity index (χ0v) is 13.9. The number of aryl methyl sites for hydroxylation is 1. The van der Waals surface area contributed by atoms with Gasteiger partial charge in [-0.25, -0.2) is 9.97 Å². The average Bonchev–Trinajstić information content (AvgIpc) is 2.91. The van der Waals surface area contributed by atoms with Gasteiger partial charge in [-0.1, -0.05) is 0 Å². The number of fused-ring (bicyclic) bond motifs is 2. The highest BCUT2D eigenvalue weighted by Gasteiger charge is 2.17. The van der Waals surface area contributed by atoms with E-state index in [1.807, 2.05) is 42.1 Å². The van der Waals surface area contributed by atoms with Gasteiger partial charge in [-0.15, -0.1) is 0 Å². The molecule has 4 aromatic rings. The summed E-state index contributed by atoms with van der Waals surface area (Å²) in [6.45, 7) is 1.37. The lowest BCUT2D eigenvalue weighted by Gasteiger charge is -2.10. The van der Waals surface area contributed by atoms with E-state index in [0.29, 0.717) is 17.1 Å². The third-order valence-electron chi connectivity index (χ3n) is 4.05. The SMILES string of the molecule is CC(=O)Oc1cc2cc(N)ccc2nc1-c1cn(C)c2ncccc12. The van der Waals surface area contributed by atoms with Gasteiger partial charge in [0.05, 0.1) is 5.52 Å². The van der Waals surface area contributed by atoms with Gasteiger partial charge in [0.2, 0.25) is 0 Å². The molecule has 4 rings (SSSR count). The Hall–Kier alpha value is -3.41. The quantitative estimate of drug-likeness (QED) is 0.450. The van der Waals surface area contributed by atoms with Crippen molar-refractivity contribution in [3.63, 3.8) is 0 Å². The normalized spacial score (nSPS) is 11.1. The molecule has 1 aromatic carbocycles. The molecule has 25 heavy (non-hydrogen) atoms. The molecule has 0 saturated heterocycles. The van der Waals surface area contributed by atoms with Gasteiger partial charge >= 0.3 is 5.97 Å². The average molecular weight is 332 g/mol. The first-order valence-corrected chi connectivity index (χ1v) is 7.82. The predicted octanol–water partition coefficient (Wildman–Crippen LogP) is 3.30. The summed E-state index contributed by atoms with van der Waals surface area (Å²) < 4.78 is 7.36. The Bertz CT molecular complexity index is 1130. The van der Waals surface area contributed by atoms with Crippen molar-refractivity contribution in [2.45, 2.75) is 6.92 Å².